The number of nitrogens with zero attached hydrogens (tertiary/aromatic N) is 1. The minimum Gasteiger partial charge on any atom is -0.461 e. The zero-order chi connectivity index (χ0) is 26.1. The summed E-state index contributed by atoms with van der Waals surface area (Å²) in [5, 5.41) is 8.93. The van der Waals surface area contributed by atoms with E-state index < -0.39 is 36.2 Å². The van der Waals surface area contributed by atoms with Gasteiger partial charge in [0.1, 0.15) is 18.1 Å². The number of halogens is 1. The molecule has 0 bridgehead atoms. The second kappa shape index (κ2) is 13.6. The number of unbranched alkanes of at least 4 members (excludes halogenated alkanes) is 3. The molecule has 0 radical (unpaired) electrons. The van der Waals surface area contributed by atoms with Gasteiger partial charge in [0.25, 0.3) is 5.91 Å². The molecule has 1 aromatic heterocycles. The number of aliphatic hydroxyl groups is 1. The smallest absolute Gasteiger partial charge is 0.417 e. The van der Waals surface area contributed by atoms with E-state index in [1.165, 1.54) is 14.0 Å². The molecular formula is C26H32BrNO8. The Morgan fingerprint density at radius 3 is 2.58 bits per heavy atom. The molecule has 1 N–H and O–H groups in total. The maximum absolute atomic E-state index is 13.6. The van der Waals surface area contributed by atoms with E-state index in [0.717, 1.165) is 36.1 Å². The number of rotatable bonds is 13. The quantitative estimate of drug-likeness (QED) is 0.281. The molecule has 36 heavy (non-hydrogen) atoms. The van der Waals surface area contributed by atoms with E-state index in [1.807, 2.05) is 30.3 Å². The number of carbonyl (C=O) groups excluding carboxylic acids is 3. The predicted octanol–water partition coefficient (Wildman–Crippen LogP) is 4.35. The van der Waals surface area contributed by atoms with Gasteiger partial charge in [-0.05, 0) is 46.8 Å². The van der Waals surface area contributed by atoms with Gasteiger partial charge >= 0.3 is 12.1 Å². The number of methoxy groups -OCH3 is 1. The fourth-order valence-electron chi connectivity index (χ4n) is 4.19. The number of carbonyl (C=O) groups is 3. The summed E-state index contributed by atoms with van der Waals surface area (Å²) in [6.45, 7) is 1.45. The number of aliphatic hydroxyl groups excluding tert-OH is 1. The van der Waals surface area contributed by atoms with Crippen LogP contribution >= 0.6 is 15.9 Å². The van der Waals surface area contributed by atoms with E-state index in [2.05, 4.69) is 15.9 Å². The van der Waals surface area contributed by atoms with Crippen LogP contribution in [-0.2, 0) is 36.6 Å². The fourth-order valence-corrected chi connectivity index (χ4v) is 4.70. The number of imide groups is 1. The lowest BCUT2D eigenvalue weighted by Crippen LogP contribution is -2.48. The molecule has 1 aliphatic heterocycles. The molecular weight excluding hydrogens is 534 g/mol. The van der Waals surface area contributed by atoms with Crippen LogP contribution in [-0.4, -0.2) is 60.4 Å². The van der Waals surface area contributed by atoms with Gasteiger partial charge in [-0.3, -0.25) is 9.59 Å². The summed E-state index contributed by atoms with van der Waals surface area (Å²) in [5.74, 6) is -0.422. The summed E-state index contributed by atoms with van der Waals surface area (Å²) >= 11 is 3.48. The number of furan rings is 1. The van der Waals surface area contributed by atoms with Crippen molar-refractivity contribution in [1.82, 2.24) is 4.90 Å². The van der Waals surface area contributed by atoms with Crippen molar-refractivity contribution in [3.63, 3.8) is 0 Å². The highest BCUT2D eigenvalue weighted by Gasteiger charge is 2.45. The number of esters is 1. The van der Waals surface area contributed by atoms with Crippen molar-refractivity contribution in [1.29, 1.82) is 0 Å². The third-order valence-electron chi connectivity index (χ3n) is 5.95. The molecule has 0 spiro atoms. The lowest BCUT2D eigenvalue weighted by Gasteiger charge is -2.28. The van der Waals surface area contributed by atoms with E-state index >= 15 is 0 Å². The number of amides is 2. The van der Waals surface area contributed by atoms with Gasteiger partial charge in [0, 0.05) is 27.1 Å². The van der Waals surface area contributed by atoms with Gasteiger partial charge < -0.3 is 23.7 Å². The predicted molar refractivity (Wildman–Crippen MR) is 133 cm³/mol. The SMILES string of the molecule is CO[C@H](C(=O)N1C(=O)OC[C@@H]1Cc1ccccc1)[C@H](OC(C)=O)c1cc(Br)c(CCCCCCO)o1. The van der Waals surface area contributed by atoms with Crippen molar-refractivity contribution in [3.8, 4) is 0 Å². The molecule has 9 nitrogen and oxygen atoms in total. The highest BCUT2D eigenvalue weighted by Crippen LogP contribution is 2.33. The molecule has 1 fully saturated rings. The summed E-state index contributed by atoms with van der Waals surface area (Å²) in [7, 11) is 1.31. The third-order valence-corrected chi connectivity index (χ3v) is 6.62. The standard InChI is InChI=1S/C26H32BrNO8/c1-17(30)35-23(22-15-20(27)21(36-22)12-8-3-4-9-13-29)24(33-2)25(31)28-19(16-34-26(28)32)14-18-10-6-5-7-11-18/h5-7,10-11,15,19,23-24,29H,3-4,8-9,12-14,16H2,1-2H3/t19-,23+,24-/m0/s1. The Hall–Kier alpha value is -2.69. The fraction of sp³-hybridized carbons (Fsp3) is 0.500. The van der Waals surface area contributed by atoms with Gasteiger partial charge in [-0.1, -0.05) is 43.2 Å². The maximum Gasteiger partial charge on any atom is 0.417 e. The van der Waals surface area contributed by atoms with Crippen molar-refractivity contribution in [2.45, 2.75) is 63.7 Å². The van der Waals surface area contributed by atoms with Crippen LogP contribution in [0.1, 0.15) is 55.8 Å². The zero-order valence-corrected chi connectivity index (χ0v) is 22.1. The molecule has 10 heteroatoms. The lowest BCUT2D eigenvalue weighted by molar-refractivity contribution is -0.164. The number of hydrogen-bond acceptors (Lipinski definition) is 8. The molecule has 2 heterocycles. The molecule has 3 rings (SSSR count). The molecule has 1 aliphatic rings. The highest BCUT2D eigenvalue weighted by molar-refractivity contribution is 9.10. The Kier molecular flexibility index (Phi) is 10.5. The molecule has 2 amide bonds. The molecule has 0 unspecified atom stereocenters. The van der Waals surface area contributed by atoms with Crippen LogP contribution in [0.5, 0.6) is 0 Å². The molecule has 1 aromatic carbocycles. The molecule has 0 aliphatic carbocycles. The van der Waals surface area contributed by atoms with Crippen molar-refractivity contribution < 1.29 is 38.1 Å². The van der Waals surface area contributed by atoms with Gasteiger partial charge in [-0.25, -0.2) is 9.69 Å². The second-order valence-electron chi connectivity index (χ2n) is 8.62. The minimum absolute atomic E-state index is 0.0564. The van der Waals surface area contributed by atoms with Crippen LogP contribution in [0, 0.1) is 0 Å². The molecule has 2 aromatic rings. The van der Waals surface area contributed by atoms with Crippen LogP contribution < -0.4 is 0 Å². The number of aryl methyl sites for hydroxylation is 1. The molecule has 3 atom stereocenters. The average Bonchev–Trinajstić information content (AvgIpc) is 3.40. The average molecular weight is 566 g/mol. The molecule has 0 saturated carbocycles. The first-order chi connectivity index (χ1) is 17.3. The Bertz CT molecular complexity index is 1020. The van der Waals surface area contributed by atoms with Gasteiger partial charge in [0.05, 0.1) is 10.5 Å². The van der Waals surface area contributed by atoms with E-state index in [4.69, 9.17) is 23.7 Å². The summed E-state index contributed by atoms with van der Waals surface area (Å²) in [6, 6.07) is 10.6. The first kappa shape index (κ1) is 27.9. The van der Waals surface area contributed by atoms with Crippen molar-refractivity contribution in [2.75, 3.05) is 20.3 Å². The Morgan fingerprint density at radius 2 is 1.92 bits per heavy atom. The zero-order valence-electron chi connectivity index (χ0n) is 20.5. The monoisotopic (exact) mass is 565 g/mol. The maximum atomic E-state index is 13.6. The van der Waals surface area contributed by atoms with Crippen molar-refractivity contribution >= 4 is 33.9 Å². The van der Waals surface area contributed by atoms with Crippen LogP contribution in [0.3, 0.4) is 0 Å². The van der Waals surface area contributed by atoms with E-state index in [1.54, 1.807) is 6.07 Å². The minimum atomic E-state index is -1.33. The number of cyclic esters (lactones) is 1. The van der Waals surface area contributed by atoms with Gasteiger partial charge in [0.15, 0.2) is 12.2 Å². The van der Waals surface area contributed by atoms with Crippen molar-refractivity contribution in [2.24, 2.45) is 0 Å². The van der Waals surface area contributed by atoms with Crippen LogP contribution in [0.25, 0.3) is 0 Å². The van der Waals surface area contributed by atoms with Gasteiger partial charge in [0.2, 0.25) is 0 Å². The Morgan fingerprint density at radius 1 is 1.19 bits per heavy atom. The molecule has 196 valence electrons. The third kappa shape index (κ3) is 7.18. The first-order valence-electron chi connectivity index (χ1n) is 12.0. The topological polar surface area (TPSA) is 116 Å². The Labute approximate surface area is 218 Å². The number of benzene rings is 1. The normalized spacial score (nSPS) is 17.1. The van der Waals surface area contributed by atoms with Gasteiger partial charge in [-0.15, -0.1) is 0 Å². The van der Waals surface area contributed by atoms with E-state index in [-0.39, 0.29) is 19.0 Å². The number of hydrogen-bond donors (Lipinski definition) is 1. The summed E-state index contributed by atoms with van der Waals surface area (Å²) in [4.78, 5) is 39.1. The van der Waals surface area contributed by atoms with Crippen molar-refractivity contribution in [3.05, 3.63) is 58.0 Å². The highest BCUT2D eigenvalue weighted by atomic mass is 79.9. The van der Waals surface area contributed by atoms with Crippen LogP contribution in [0.2, 0.25) is 0 Å². The van der Waals surface area contributed by atoms with E-state index in [9.17, 15) is 14.4 Å². The van der Waals surface area contributed by atoms with Crippen LogP contribution in [0.4, 0.5) is 4.79 Å². The lowest BCUT2D eigenvalue weighted by atomic mass is 10.0. The summed E-state index contributed by atoms with van der Waals surface area (Å²) < 4.78 is 22.8. The first-order valence-corrected chi connectivity index (χ1v) is 12.8. The summed E-state index contributed by atoms with van der Waals surface area (Å²) in [5.41, 5.74) is 0.947. The largest absolute Gasteiger partial charge is 0.461 e. The number of ether oxygens (including phenoxy) is 3. The molecule has 1 saturated heterocycles. The summed E-state index contributed by atoms with van der Waals surface area (Å²) in [6.07, 6.45) is 1.18. The van der Waals surface area contributed by atoms with Gasteiger partial charge in [-0.2, -0.15) is 0 Å². The van der Waals surface area contributed by atoms with E-state index in [0.29, 0.717) is 23.1 Å². The second-order valence-corrected chi connectivity index (χ2v) is 9.48. The van der Waals surface area contributed by atoms with Crippen LogP contribution in [0.15, 0.2) is 45.3 Å². The Balaban J connectivity index is 1.80.